The van der Waals surface area contributed by atoms with E-state index < -0.39 is 58.5 Å². The first kappa shape index (κ1) is 44.3. The molecule has 4 aromatic carbocycles. The van der Waals surface area contributed by atoms with Crippen LogP contribution in [0.25, 0.3) is 0 Å². The molecule has 5 rings (SSSR count). The van der Waals surface area contributed by atoms with Crippen LogP contribution in [-0.4, -0.2) is 109 Å². The second kappa shape index (κ2) is 18.0. The fourth-order valence-electron chi connectivity index (χ4n) is 6.55. The molecule has 1 aliphatic rings. The molecule has 1 atom stereocenters. The predicted octanol–water partition coefficient (Wildman–Crippen LogP) is 4.74. The van der Waals surface area contributed by atoms with E-state index in [1.807, 2.05) is 13.8 Å². The Morgan fingerprint density at radius 1 is 0.421 bits per heavy atom. The summed E-state index contributed by atoms with van der Waals surface area (Å²) in [6.07, 6.45) is -0.189. The molecule has 0 amide bonds. The van der Waals surface area contributed by atoms with E-state index >= 15 is 0 Å². The molecule has 0 aliphatic carbocycles. The number of rotatable bonds is 9. The third-order valence-corrected chi connectivity index (χ3v) is 17.6. The molecule has 1 fully saturated rings. The predicted molar refractivity (Wildman–Crippen MR) is 219 cm³/mol. The smallest absolute Gasteiger partial charge is 0.243 e. The van der Waals surface area contributed by atoms with E-state index in [0.29, 0.717) is 0 Å². The summed E-state index contributed by atoms with van der Waals surface area (Å²) >= 11 is 0. The minimum Gasteiger partial charge on any atom is -0.298 e. The van der Waals surface area contributed by atoms with Crippen molar-refractivity contribution in [2.45, 2.75) is 73.1 Å². The lowest BCUT2D eigenvalue weighted by Crippen LogP contribution is -2.53. The van der Waals surface area contributed by atoms with Gasteiger partial charge in [-0.25, -0.2) is 33.7 Å². The highest BCUT2D eigenvalue weighted by molar-refractivity contribution is 7.90. The van der Waals surface area contributed by atoms with Crippen LogP contribution in [-0.2, 0) is 44.9 Å². The standard InChI is InChI=1S/C40H50N4O9S4/c1-31-8-16-36(17-9-31)54(46,47)41-24-6-26-43(56(50,51)38-20-12-33(3)13-21-38)30-40(35(5)45)44(57(52,53)39-22-14-34(4)15-23-39)27-7-25-42(29-28-41)55(48,49)37-18-10-32(2)11-19-37/h8-23,40H,6-7,24-30H2,1-5H3. The van der Waals surface area contributed by atoms with Gasteiger partial charge in [-0.05, 0) is 96.0 Å². The number of carbonyl (C=O) groups is 1. The van der Waals surface area contributed by atoms with E-state index in [0.717, 1.165) is 39.5 Å². The van der Waals surface area contributed by atoms with Gasteiger partial charge in [0, 0.05) is 45.8 Å². The lowest BCUT2D eigenvalue weighted by molar-refractivity contribution is -0.120. The fraction of sp³-hybridized carbons (Fsp3) is 0.375. The van der Waals surface area contributed by atoms with Crippen molar-refractivity contribution in [3.63, 3.8) is 0 Å². The second-order valence-electron chi connectivity index (χ2n) is 14.4. The molecule has 13 nitrogen and oxygen atoms in total. The van der Waals surface area contributed by atoms with Crippen LogP contribution in [0.2, 0.25) is 0 Å². The Hall–Kier alpha value is -3.81. The summed E-state index contributed by atoms with van der Waals surface area (Å²) in [4.78, 5) is 13.4. The lowest BCUT2D eigenvalue weighted by atomic mass is 10.2. The molecule has 1 heterocycles. The number of hydrogen-bond donors (Lipinski definition) is 0. The number of benzene rings is 4. The molecule has 1 unspecified atom stereocenters. The fourth-order valence-corrected chi connectivity index (χ4v) is 12.6. The molecule has 4 aromatic rings. The van der Waals surface area contributed by atoms with Gasteiger partial charge in [0.1, 0.15) is 5.78 Å². The van der Waals surface area contributed by atoms with Crippen molar-refractivity contribution >= 4 is 45.9 Å². The maximum Gasteiger partial charge on any atom is 0.243 e. The van der Waals surface area contributed by atoms with Crippen molar-refractivity contribution < 1.29 is 38.5 Å². The van der Waals surface area contributed by atoms with E-state index in [9.17, 15) is 38.5 Å². The molecule has 57 heavy (non-hydrogen) atoms. The third-order valence-electron chi connectivity index (χ3n) is 10.00. The first-order chi connectivity index (χ1) is 26.7. The van der Waals surface area contributed by atoms with Crippen LogP contribution in [0.1, 0.15) is 42.0 Å². The van der Waals surface area contributed by atoms with E-state index in [1.165, 1.54) is 55.5 Å². The molecule has 0 saturated carbocycles. The van der Waals surface area contributed by atoms with Gasteiger partial charge in [0.25, 0.3) is 0 Å². The molecule has 0 spiro atoms. The molecule has 1 saturated heterocycles. The van der Waals surface area contributed by atoms with E-state index in [2.05, 4.69) is 0 Å². The third kappa shape index (κ3) is 10.3. The molecule has 308 valence electrons. The Morgan fingerprint density at radius 3 is 1.04 bits per heavy atom. The molecule has 0 bridgehead atoms. The highest BCUT2D eigenvalue weighted by atomic mass is 32.2. The topological polar surface area (TPSA) is 167 Å². The van der Waals surface area contributed by atoms with Crippen molar-refractivity contribution in [3.05, 3.63) is 119 Å². The summed E-state index contributed by atoms with van der Waals surface area (Å²) < 4.78 is 119. The SMILES string of the molecule is CC(=O)C1CN(S(=O)(=O)c2ccc(C)cc2)CCCN(S(=O)(=O)c2ccc(C)cc2)CCN(S(=O)(=O)c2ccc(C)cc2)CCCN1S(=O)(=O)c1ccc(C)cc1. The molecule has 0 radical (unpaired) electrons. The summed E-state index contributed by atoms with van der Waals surface area (Å²) in [5, 5.41) is 0. The number of aryl methyl sites for hydroxylation is 4. The number of sulfonamides is 4. The average Bonchev–Trinajstić information content (AvgIpc) is 3.15. The Labute approximate surface area is 338 Å². The molecule has 17 heteroatoms. The second-order valence-corrected chi connectivity index (χ2v) is 22.1. The number of hydrogen-bond acceptors (Lipinski definition) is 9. The Balaban J connectivity index is 1.63. The first-order valence-corrected chi connectivity index (χ1v) is 24.3. The van der Waals surface area contributed by atoms with Crippen LogP contribution in [0.5, 0.6) is 0 Å². The highest BCUT2D eigenvalue weighted by Gasteiger charge is 2.39. The zero-order chi connectivity index (χ0) is 41.8. The molecule has 1 aliphatic heterocycles. The number of ketones is 1. The van der Waals surface area contributed by atoms with Crippen LogP contribution < -0.4 is 0 Å². The summed E-state index contributed by atoms with van der Waals surface area (Å²) in [6.45, 7) is 6.14. The van der Waals surface area contributed by atoms with Gasteiger partial charge in [-0.2, -0.15) is 17.2 Å². The Kier molecular flexibility index (Phi) is 14.0. The maximum absolute atomic E-state index is 14.5. The van der Waals surface area contributed by atoms with E-state index in [4.69, 9.17) is 0 Å². The van der Waals surface area contributed by atoms with Crippen molar-refractivity contribution in [3.8, 4) is 0 Å². The van der Waals surface area contributed by atoms with Crippen LogP contribution in [0.15, 0.2) is 117 Å². The van der Waals surface area contributed by atoms with Crippen molar-refractivity contribution in [2.24, 2.45) is 0 Å². The highest BCUT2D eigenvalue weighted by Crippen LogP contribution is 2.26. The normalized spacial score (nSPS) is 18.5. The Bertz CT molecular complexity index is 2480. The average molecular weight is 859 g/mol. The zero-order valence-electron chi connectivity index (χ0n) is 32.8. The number of nitrogens with zero attached hydrogens (tertiary/aromatic N) is 4. The lowest BCUT2D eigenvalue weighted by Gasteiger charge is -2.35. The van der Waals surface area contributed by atoms with Gasteiger partial charge < -0.3 is 0 Å². The molecule has 0 N–H and O–H groups in total. The maximum atomic E-state index is 14.5. The monoisotopic (exact) mass is 858 g/mol. The van der Waals surface area contributed by atoms with Gasteiger partial charge in [0.05, 0.1) is 25.6 Å². The van der Waals surface area contributed by atoms with Gasteiger partial charge in [-0.3, -0.25) is 4.79 Å². The van der Waals surface area contributed by atoms with Gasteiger partial charge in [-0.1, -0.05) is 70.8 Å². The molecular formula is C40H50N4O9S4. The first-order valence-electron chi connectivity index (χ1n) is 18.5. The van der Waals surface area contributed by atoms with Crippen molar-refractivity contribution in [2.75, 3.05) is 45.8 Å². The summed E-state index contributed by atoms with van der Waals surface area (Å²) in [5.41, 5.74) is 3.27. The molecular weight excluding hydrogens is 809 g/mol. The van der Waals surface area contributed by atoms with Crippen LogP contribution >= 0.6 is 0 Å². The van der Waals surface area contributed by atoms with Crippen LogP contribution in [0.3, 0.4) is 0 Å². The van der Waals surface area contributed by atoms with Gasteiger partial charge in [0.15, 0.2) is 0 Å². The van der Waals surface area contributed by atoms with Crippen LogP contribution in [0, 0.1) is 27.7 Å². The van der Waals surface area contributed by atoms with Crippen molar-refractivity contribution in [1.82, 2.24) is 17.2 Å². The van der Waals surface area contributed by atoms with Crippen LogP contribution in [0.4, 0.5) is 0 Å². The summed E-state index contributed by atoms with van der Waals surface area (Å²) in [5.74, 6) is -0.630. The summed E-state index contributed by atoms with van der Waals surface area (Å²) in [6, 6.07) is 23.1. The van der Waals surface area contributed by atoms with E-state index in [1.54, 1.807) is 62.4 Å². The largest absolute Gasteiger partial charge is 0.298 e. The van der Waals surface area contributed by atoms with E-state index in [-0.39, 0.29) is 71.7 Å². The minimum absolute atomic E-state index is 0.0140. The van der Waals surface area contributed by atoms with Gasteiger partial charge in [0.2, 0.25) is 40.1 Å². The Morgan fingerprint density at radius 2 is 0.702 bits per heavy atom. The number of carbonyl (C=O) groups excluding carboxylic acids is 1. The minimum atomic E-state index is -4.45. The zero-order valence-corrected chi connectivity index (χ0v) is 36.0. The van der Waals surface area contributed by atoms with Gasteiger partial charge in [-0.15, -0.1) is 0 Å². The number of Topliss-reactive ketones (excluding diaryl/α,β-unsaturated/α-hetero) is 1. The van der Waals surface area contributed by atoms with Gasteiger partial charge >= 0.3 is 0 Å². The van der Waals surface area contributed by atoms with Crippen molar-refractivity contribution in [1.29, 1.82) is 0 Å². The molecule has 0 aromatic heterocycles. The summed E-state index contributed by atoms with van der Waals surface area (Å²) in [7, 11) is -17.3. The quantitative estimate of drug-likeness (QED) is 0.231.